The van der Waals surface area contributed by atoms with Crippen LogP contribution in [0.1, 0.15) is 0 Å². The molecule has 4 heavy (non-hydrogen) atoms. The Balaban J connectivity index is 0. The number of nitriles is 1. The Bertz CT molecular complexity index is 29.5. The molecule has 0 aliphatic heterocycles. The van der Waals surface area contributed by atoms with Crippen molar-refractivity contribution in [2.75, 3.05) is 0 Å². The first-order valence-corrected chi connectivity index (χ1v) is 1.07. The maximum Gasteiger partial charge on any atom is 0.187 e. The molecule has 0 N–H and O–H groups in total. The molecule has 0 saturated heterocycles. The molecule has 0 aromatic rings. The number of nitrogens with zero attached hydrogens (tertiary/aromatic N) is 1. The van der Waals surface area contributed by atoms with Gasteiger partial charge in [0, 0.05) is 0 Å². The second-order valence-electron chi connectivity index (χ2n) is 0.0913. The van der Waals surface area contributed by atoms with E-state index in [-0.39, 0.29) is 17.4 Å². The fourth-order valence-corrected chi connectivity index (χ4v) is 0. The van der Waals surface area contributed by atoms with Crippen LogP contribution in [0.25, 0.3) is 0 Å². The van der Waals surface area contributed by atoms with Gasteiger partial charge in [0.1, 0.15) is 0 Å². The topological polar surface area (TPSA) is 23.8 Å². The number of rotatable bonds is 0. The van der Waals surface area contributed by atoms with E-state index in [0.29, 0.717) is 0 Å². The normalized spacial score (nSPS) is 1.75. The largest absolute Gasteiger partial charge is 0.187 e. The Morgan fingerprint density at radius 1 is 1.75 bits per heavy atom. The smallest absolute Gasteiger partial charge is 0.187 e. The summed E-state index contributed by atoms with van der Waals surface area (Å²) in [7, 11) is 0. The number of hydrogen-bond donors (Lipinski definition) is 0. The molecule has 0 atom stereocenters. The summed E-state index contributed by atoms with van der Waals surface area (Å²) in [4.78, 5) is 1.62. The maximum atomic E-state index is 7.26. The van der Waals surface area contributed by atoms with Crippen LogP contribution >= 0.6 is 0 Å². The Hall–Kier alpha value is 0.555. The van der Waals surface area contributed by atoms with Gasteiger partial charge in [-0.15, -0.1) is 0 Å². The van der Waals surface area contributed by atoms with E-state index in [1.54, 1.807) is 4.93 Å². The average molecular weight is 108 g/mol. The maximum absolute atomic E-state index is 7.26. The van der Waals surface area contributed by atoms with E-state index in [9.17, 15) is 0 Å². The van der Waals surface area contributed by atoms with E-state index in [4.69, 9.17) is 5.26 Å². The third-order valence-corrected chi connectivity index (χ3v) is 0. The van der Waals surface area contributed by atoms with E-state index in [1.165, 1.54) is 0 Å². The zero-order valence-electron chi connectivity index (χ0n) is 1.36. The zero-order valence-corrected chi connectivity index (χ0v) is 2.63. The monoisotopic (exact) mass is 108 g/mol. The fraction of sp³-hybridized carbons (Fsp3) is 0. The van der Waals surface area contributed by atoms with Crippen LogP contribution in [0.15, 0.2) is 0 Å². The molecule has 0 heterocycles. The van der Waals surface area contributed by atoms with Gasteiger partial charge >= 0.3 is 26.5 Å². The molecule has 0 spiro atoms. The first kappa shape index (κ1) is 8.82. The summed E-state index contributed by atoms with van der Waals surface area (Å²) in [5, 5.41) is 7.26. The molecule has 1 nitrogen and oxygen atoms in total. The minimum absolute atomic E-state index is 0. The van der Waals surface area contributed by atoms with Gasteiger partial charge in [-0.25, -0.2) is 0 Å². The van der Waals surface area contributed by atoms with Crippen LogP contribution in [0.3, 0.4) is 0 Å². The van der Waals surface area contributed by atoms with Gasteiger partial charge < -0.3 is 0 Å². The van der Waals surface area contributed by atoms with E-state index < -0.39 is 0 Å². The summed E-state index contributed by atoms with van der Waals surface area (Å²) in [6.07, 6.45) is 0. The van der Waals surface area contributed by atoms with Gasteiger partial charge in [-0.1, -0.05) is 0 Å². The average Bonchev–Trinajstić information content (AvgIpc) is 0.918. The van der Waals surface area contributed by atoms with Crippen LogP contribution in [0.5, 0.6) is 0 Å². The molecule has 0 saturated carbocycles. The van der Waals surface area contributed by atoms with Crippen LogP contribution in [0.2, 0.25) is 0 Å². The molecule has 0 amide bonds. The Kier molecular flexibility index (Phi) is 21.2. The minimum atomic E-state index is 0. The third-order valence-electron chi connectivity index (χ3n) is 0. The van der Waals surface area contributed by atoms with Gasteiger partial charge in [0.15, 0.2) is 17.4 Å². The van der Waals surface area contributed by atoms with Crippen molar-refractivity contribution in [1.82, 2.24) is 0 Å². The predicted molar refractivity (Wildman–Crippen MR) is 15.6 cm³/mol. The number of hydrogen-bond acceptors (Lipinski definition) is 1. The molecular formula is CH3AlCrN. The SMILES string of the molecule is N#[C][Cr].[AlH3]. The molecule has 0 unspecified atom stereocenters. The van der Waals surface area contributed by atoms with Crippen molar-refractivity contribution in [3.05, 3.63) is 0 Å². The van der Waals surface area contributed by atoms with Gasteiger partial charge in [0.05, 0.1) is 0 Å². The van der Waals surface area contributed by atoms with Crippen LogP contribution in [-0.4, -0.2) is 17.4 Å². The van der Waals surface area contributed by atoms with Crippen LogP contribution < -0.4 is 0 Å². The molecule has 0 aromatic carbocycles. The molecule has 3 heteroatoms. The third kappa shape index (κ3) is 20.1. The second-order valence-corrected chi connectivity index (χ2v) is 0.376. The molecule has 0 radical (unpaired) electrons. The van der Waals surface area contributed by atoms with Crippen molar-refractivity contribution in [2.45, 2.75) is 0 Å². The molecular weight excluding hydrogens is 105 g/mol. The van der Waals surface area contributed by atoms with Crippen molar-refractivity contribution in [1.29, 1.82) is 5.26 Å². The fourth-order valence-electron chi connectivity index (χ4n) is 0. The first-order valence-electron chi connectivity index (χ1n) is 0.428. The van der Waals surface area contributed by atoms with Crippen molar-refractivity contribution in [3.63, 3.8) is 0 Å². The Morgan fingerprint density at radius 3 is 1.75 bits per heavy atom. The molecule has 0 aliphatic carbocycles. The minimum Gasteiger partial charge on any atom is 0.187 e. The second kappa shape index (κ2) is 9.60. The Labute approximate surface area is 44.2 Å². The van der Waals surface area contributed by atoms with E-state index in [0.717, 1.165) is 0 Å². The van der Waals surface area contributed by atoms with Crippen LogP contribution in [0, 0.1) is 10.2 Å². The van der Waals surface area contributed by atoms with Gasteiger partial charge in [-0.05, 0) is 0 Å². The molecule has 0 fully saturated rings. The van der Waals surface area contributed by atoms with Crippen molar-refractivity contribution >= 4 is 17.4 Å². The molecule has 0 aliphatic rings. The predicted octanol–water partition coefficient (Wildman–Crippen LogP) is -1.17. The van der Waals surface area contributed by atoms with Crippen molar-refractivity contribution in [2.24, 2.45) is 0 Å². The summed E-state index contributed by atoms with van der Waals surface area (Å²) >= 11 is 2.11. The zero-order chi connectivity index (χ0) is 2.71. The summed E-state index contributed by atoms with van der Waals surface area (Å²) in [5.74, 6) is 0. The van der Waals surface area contributed by atoms with E-state index in [1.807, 2.05) is 0 Å². The summed E-state index contributed by atoms with van der Waals surface area (Å²) in [6, 6.07) is 0. The van der Waals surface area contributed by atoms with Gasteiger partial charge in [-0.2, -0.15) is 0 Å². The van der Waals surface area contributed by atoms with Gasteiger partial charge in [0.25, 0.3) is 0 Å². The standard InChI is InChI=1S/CN.Al.Cr.3H/c1-2;;;;;. The van der Waals surface area contributed by atoms with Crippen LogP contribution in [-0.2, 0) is 16.3 Å². The molecule has 21 valence electrons. The van der Waals surface area contributed by atoms with Gasteiger partial charge in [0.2, 0.25) is 0 Å². The summed E-state index contributed by atoms with van der Waals surface area (Å²) in [5.41, 5.74) is 0. The van der Waals surface area contributed by atoms with Crippen molar-refractivity contribution < 1.29 is 16.3 Å². The van der Waals surface area contributed by atoms with E-state index in [2.05, 4.69) is 16.3 Å². The first-order chi connectivity index (χ1) is 1.41. The van der Waals surface area contributed by atoms with E-state index >= 15 is 0 Å². The van der Waals surface area contributed by atoms with Crippen molar-refractivity contribution in [3.8, 4) is 4.93 Å². The van der Waals surface area contributed by atoms with Crippen LogP contribution in [0.4, 0.5) is 0 Å². The summed E-state index contributed by atoms with van der Waals surface area (Å²) in [6.45, 7) is 0. The molecule has 0 bridgehead atoms. The molecule has 0 rings (SSSR count). The summed E-state index contributed by atoms with van der Waals surface area (Å²) < 4.78 is 0. The quantitative estimate of drug-likeness (QED) is 0.359. The van der Waals surface area contributed by atoms with Gasteiger partial charge in [-0.3, -0.25) is 0 Å². The Morgan fingerprint density at radius 2 is 1.75 bits per heavy atom. The molecule has 0 aromatic heterocycles.